The fourth-order valence-corrected chi connectivity index (χ4v) is 2.58. The van der Waals surface area contributed by atoms with Crippen molar-refractivity contribution in [1.82, 2.24) is 0 Å². The lowest BCUT2D eigenvalue weighted by molar-refractivity contribution is 0.387. The van der Waals surface area contributed by atoms with Crippen molar-refractivity contribution in [3.8, 4) is 5.75 Å². The van der Waals surface area contributed by atoms with Crippen molar-refractivity contribution in [2.24, 2.45) is 4.99 Å². The molecule has 0 saturated heterocycles. The zero-order chi connectivity index (χ0) is 12.1. The number of hydrogen-bond acceptors (Lipinski definition) is 3. The van der Waals surface area contributed by atoms with E-state index >= 15 is 0 Å². The van der Waals surface area contributed by atoms with Gasteiger partial charge in [-0.3, -0.25) is 0 Å². The average molecular weight is 231 g/mol. The van der Waals surface area contributed by atoms with Gasteiger partial charge in [-0.2, -0.15) is 4.99 Å². The molecule has 1 aromatic carbocycles. The van der Waals surface area contributed by atoms with Crippen LogP contribution in [-0.2, 0) is 4.79 Å². The number of nitrogens with zero attached hydrogens (tertiary/aromatic N) is 1. The Balaban J connectivity index is 2.33. The van der Waals surface area contributed by atoms with Crippen molar-refractivity contribution < 1.29 is 9.53 Å². The third-order valence-corrected chi connectivity index (χ3v) is 3.43. The Labute approximate surface area is 102 Å². The van der Waals surface area contributed by atoms with Gasteiger partial charge in [-0.1, -0.05) is 19.3 Å². The Bertz CT molecular complexity index is 430. The van der Waals surface area contributed by atoms with Gasteiger partial charge >= 0.3 is 0 Å². The monoisotopic (exact) mass is 231 g/mol. The molecule has 90 valence electrons. The van der Waals surface area contributed by atoms with Crippen molar-refractivity contribution in [1.29, 1.82) is 0 Å². The second-order valence-electron chi connectivity index (χ2n) is 4.46. The van der Waals surface area contributed by atoms with Crippen LogP contribution in [0.1, 0.15) is 43.6 Å². The average Bonchev–Trinajstić information content (AvgIpc) is 2.40. The first kappa shape index (κ1) is 11.9. The van der Waals surface area contributed by atoms with E-state index in [4.69, 9.17) is 4.74 Å². The highest BCUT2D eigenvalue weighted by Crippen LogP contribution is 2.39. The predicted molar refractivity (Wildman–Crippen MR) is 66.6 cm³/mol. The summed E-state index contributed by atoms with van der Waals surface area (Å²) in [5.41, 5.74) is 1.85. The largest absolute Gasteiger partial charge is 0.496 e. The quantitative estimate of drug-likeness (QED) is 0.587. The van der Waals surface area contributed by atoms with Crippen LogP contribution in [0.25, 0.3) is 0 Å². The topological polar surface area (TPSA) is 38.7 Å². The standard InChI is InChI=1S/C14H17NO2/c1-17-14-8-7-12(15-10-16)9-13(14)11-5-3-2-4-6-11/h7-9,11H,2-6H2,1H3. The maximum absolute atomic E-state index is 10.3. The molecule has 3 heteroatoms. The van der Waals surface area contributed by atoms with E-state index in [9.17, 15) is 4.79 Å². The van der Waals surface area contributed by atoms with Gasteiger partial charge in [0.25, 0.3) is 0 Å². The number of rotatable bonds is 3. The predicted octanol–water partition coefficient (Wildman–Crippen LogP) is 3.71. The molecule has 1 aromatic rings. The van der Waals surface area contributed by atoms with Crippen molar-refractivity contribution in [2.45, 2.75) is 38.0 Å². The number of ether oxygens (including phenoxy) is 1. The Morgan fingerprint density at radius 2 is 2.06 bits per heavy atom. The molecule has 3 nitrogen and oxygen atoms in total. The van der Waals surface area contributed by atoms with E-state index in [1.165, 1.54) is 37.7 Å². The molecule has 0 atom stereocenters. The third kappa shape index (κ3) is 2.75. The minimum atomic E-state index is 0.542. The van der Waals surface area contributed by atoms with Crippen molar-refractivity contribution >= 4 is 11.8 Å². The Morgan fingerprint density at radius 3 is 2.71 bits per heavy atom. The van der Waals surface area contributed by atoms with Crippen molar-refractivity contribution in [2.75, 3.05) is 7.11 Å². The zero-order valence-electron chi connectivity index (χ0n) is 10.1. The second-order valence-corrected chi connectivity index (χ2v) is 4.46. The molecule has 1 saturated carbocycles. The summed E-state index contributed by atoms with van der Waals surface area (Å²) in [7, 11) is 1.68. The van der Waals surface area contributed by atoms with Gasteiger partial charge in [-0.25, -0.2) is 4.79 Å². The van der Waals surface area contributed by atoms with Crippen LogP contribution < -0.4 is 4.74 Å². The third-order valence-electron chi connectivity index (χ3n) is 3.43. The van der Waals surface area contributed by atoms with Gasteiger partial charge in [-0.05, 0) is 42.5 Å². The highest BCUT2D eigenvalue weighted by atomic mass is 16.5. The molecule has 0 unspecified atom stereocenters. The van der Waals surface area contributed by atoms with Gasteiger partial charge < -0.3 is 4.74 Å². The van der Waals surface area contributed by atoms with Gasteiger partial charge in [0.05, 0.1) is 12.8 Å². The summed E-state index contributed by atoms with van der Waals surface area (Å²) in [6.07, 6.45) is 7.85. The van der Waals surface area contributed by atoms with E-state index in [1.807, 2.05) is 12.1 Å². The lowest BCUT2D eigenvalue weighted by atomic mass is 9.83. The fraction of sp³-hybridized carbons (Fsp3) is 0.500. The molecule has 1 fully saturated rings. The highest BCUT2D eigenvalue weighted by Gasteiger charge is 2.19. The number of hydrogen-bond donors (Lipinski definition) is 0. The lowest BCUT2D eigenvalue weighted by Gasteiger charge is -2.23. The number of methoxy groups -OCH3 is 1. The molecule has 0 N–H and O–H groups in total. The van der Waals surface area contributed by atoms with Crippen LogP contribution in [-0.4, -0.2) is 13.2 Å². The van der Waals surface area contributed by atoms with Gasteiger partial charge in [0.1, 0.15) is 5.75 Å². The smallest absolute Gasteiger partial charge is 0.240 e. The molecule has 0 radical (unpaired) electrons. The van der Waals surface area contributed by atoms with Gasteiger partial charge in [0, 0.05) is 0 Å². The fourth-order valence-electron chi connectivity index (χ4n) is 2.58. The van der Waals surface area contributed by atoms with Crippen LogP contribution in [0.3, 0.4) is 0 Å². The zero-order valence-corrected chi connectivity index (χ0v) is 10.1. The van der Waals surface area contributed by atoms with E-state index < -0.39 is 0 Å². The van der Waals surface area contributed by atoms with Crippen LogP contribution in [0, 0.1) is 0 Å². The number of isocyanates is 1. The molecule has 0 aliphatic heterocycles. The van der Waals surface area contributed by atoms with Gasteiger partial charge in [-0.15, -0.1) is 0 Å². The number of aliphatic imine (C=N–C) groups is 1. The molecule has 0 heterocycles. The van der Waals surface area contributed by atoms with E-state index in [0.29, 0.717) is 11.6 Å². The summed E-state index contributed by atoms with van der Waals surface area (Å²) in [4.78, 5) is 14.0. The van der Waals surface area contributed by atoms with Gasteiger partial charge in [0.2, 0.25) is 6.08 Å². The van der Waals surface area contributed by atoms with Crippen LogP contribution in [0.2, 0.25) is 0 Å². The Kier molecular flexibility index (Phi) is 3.94. The van der Waals surface area contributed by atoms with Crippen LogP contribution in [0.15, 0.2) is 23.2 Å². The van der Waals surface area contributed by atoms with Crippen molar-refractivity contribution in [3.05, 3.63) is 23.8 Å². The molecule has 0 aromatic heterocycles. The van der Waals surface area contributed by atoms with E-state index in [0.717, 1.165) is 5.75 Å². The molecule has 1 aliphatic carbocycles. The maximum Gasteiger partial charge on any atom is 0.240 e. The first-order valence-corrected chi connectivity index (χ1v) is 6.11. The molecular formula is C14H17NO2. The molecule has 1 aliphatic rings. The van der Waals surface area contributed by atoms with Gasteiger partial charge in [0.15, 0.2) is 0 Å². The summed E-state index contributed by atoms with van der Waals surface area (Å²) in [5.74, 6) is 1.45. The van der Waals surface area contributed by atoms with E-state index in [2.05, 4.69) is 4.99 Å². The van der Waals surface area contributed by atoms with Crippen LogP contribution in [0.4, 0.5) is 5.69 Å². The summed E-state index contributed by atoms with van der Waals surface area (Å²) < 4.78 is 5.39. The minimum absolute atomic E-state index is 0.542. The normalized spacial score (nSPS) is 16.3. The molecule has 0 amide bonds. The SMILES string of the molecule is COc1ccc(N=C=O)cc1C1CCCCC1. The van der Waals surface area contributed by atoms with Crippen molar-refractivity contribution in [3.63, 3.8) is 0 Å². The first-order valence-electron chi connectivity index (χ1n) is 6.11. The summed E-state index contributed by atoms with van der Waals surface area (Å²) in [5, 5.41) is 0. The maximum atomic E-state index is 10.3. The Morgan fingerprint density at radius 1 is 1.29 bits per heavy atom. The van der Waals surface area contributed by atoms with E-state index in [1.54, 1.807) is 19.3 Å². The molecule has 0 spiro atoms. The van der Waals surface area contributed by atoms with Crippen LogP contribution in [0.5, 0.6) is 5.75 Å². The summed E-state index contributed by atoms with van der Waals surface area (Å²) >= 11 is 0. The Hall–Kier alpha value is -1.60. The highest BCUT2D eigenvalue weighted by molar-refractivity contribution is 5.54. The molecule has 17 heavy (non-hydrogen) atoms. The number of carbonyl (C=O) groups excluding carboxylic acids is 1. The second kappa shape index (κ2) is 5.65. The lowest BCUT2D eigenvalue weighted by Crippen LogP contribution is -2.06. The summed E-state index contributed by atoms with van der Waals surface area (Å²) in [6.45, 7) is 0. The minimum Gasteiger partial charge on any atom is -0.496 e. The van der Waals surface area contributed by atoms with Crippen LogP contribution >= 0.6 is 0 Å². The molecule has 0 bridgehead atoms. The molecule has 2 rings (SSSR count). The molecular weight excluding hydrogens is 214 g/mol. The first-order chi connectivity index (χ1) is 8.35. The summed E-state index contributed by atoms with van der Waals surface area (Å²) in [6, 6.07) is 5.63. The number of benzene rings is 1. The van der Waals surface area contributed by atoms with E-state index in [-0.39, 0.29) is 0 Å².